The maximum atomic E-state index is 12.8. The van der Waals surface area contributed by atoms with Gasteiger partial charge in [-0.3, -0.25) is 0 Å². The molecule has 5 nitrogen and oxygen atoms in total. The monoisotopic (exact) mass is 287 g/mol. The van der Waals surface area contributed by atoms with Crippen molar-refractivity contribution in [3.05, 3.63) is 11.9 Å². The number of aromatic nitrogens is 2. The lowest BCUT2D eigenvalue weighted by Crippen LogP contribution is -2.25. The fraction of sp³-hybridized carbons (Fsp3) is 0.667. The normalized spacial score (nSPS) is 25.9. The zero-order valence-electron chi connectivity index (χ0n) is 10.8. The van der Waals surface area contributed by atoms with Gasteiger partial charge in [-0.1, -0.05) is 6.42 Å². The number of rotatable bonds is 2. The molecule has 2 unspecified atom stereocenters. The van der Waals surface area contributed by atoms with Crippen molar-refractivity contribution >= 4 is 11.6 Å². The van der Waals surface area contributed by atoms with E-state index in [-0.39, 0.29) is 5.82 Å². The van der Waals surface area contributed by atoms with Crippen LogP contribution in [0, 0.1) is 11.8 Å². The third-order valence-electron chi connectivity index (χ3n) is 4.16. The lowest BCUT2D eigenvalue weighted by atomic mass is 10.0. The number of fused-ring (bicyclic) bond motifs is 1. The summed E-state index contributed by atoms with van der Waals surface area (Å²) in [4.78, 5) is 8.93. The van der Waals surface area contributed by atoms with E-state index in [2.05, 4.69) is 15.4 Å². The number of anilines is 2. The van der Waals surface area contributed by atoms with Crippen LogP contribution in [0.4, 0.5) is 24.8 Å². The van der Waals surface area contributed by atoms with Crippen molar-refractivity contribution in [2.24, 2.45) is 17.7 Å². The van der Waals surface area contributed by atoms with E-state index in [4.69, 9.17) is 5.84 Å². The molecule has 1 aliphatic heterocycles. The molecule has 2 atom stereocenters. The van der Waals surface area contributed by atoms with E-state index < -0.39 is 12.0 Å². The van der Waals surface area contributed by atoms with Gasteiger partial charge in [-0.05, 0) is 24.7 Å². The highest BCUT2D eigenvalue weighted by Crippen LogP contribution is 2.39. The van der Waals surface area contributed by atoms with Crippen LogP contribution in [0.5, 0.6) is 0 Å². The molecule has 1 saturated heterocycles. The van der Waals surface area contributed by atoms with Gasteiger partial charge in [-0.25, -0.2) is 15.8 Å². The zero-order valence-corrected chi connectivity index (χ0v) is 10.8. The number of alkyl halides is 3. The van der Waals surface area contributed by atoms with Crippen LogP contribution in [-0.2, 0) is 6.18 Å². The van der Waals surface area contributed by atoms with Crippen molar-refractivity contribution < 1.29 is 13.2 Å². The van der Waals surface area contributed by atoms with Crippen molar-refractivity contribution in [2.45, 2.75) is 25.4 Å². The van der Waals surface area contributed by atoms with Crippen LogP contribution >= 0.6 is 0 Å². The number of nitrogens with one attached hydrogen (secondary N) is 1. The number of halogens is 3. The summed E-state index contributed by atoms with van der Waals surface area (Å²) in [5, 5.41) is 0. The molecule has 1 aliphatic carbocycles. The summed E-state index contributed by atoms with van der Waals surface area (Å²) in [5.41, 5.74) is 2.18. The molecule has 2 fully saturated rings. The van der Waals surface area contributed by atoms with E-state index in [1.807, 2.05) is 4.90 Å². The Morgan fingerprint density at radius 2 is 1.85 bits per heavy atom. The van der Waals surface area contributed by atoms with Crippen molar-refractivity contribution in [3.63, 3.8) is 0 Å². The molecule has 8 heteroatoms. The Labute approximate surface area is 114 Å². The molecular weight excluding hydrogens is 271 g/mol. The summed E-state index contributed by atoms with van der Waals surface area (Å²) in [6, 6.07) is 1.47. The largest absolute Gasteiger partial charge is 0.451 e. The molecular formula is C12H16F3N5. The van der Waals surface area contributed by atoms with Gasteiger partial charge in [-0.15, -0.1) is 0 Å². The Morgan fingerprint density at radius 3 is 2.40 bits per heavy atom. The lowest BCUT2D eigenvalue weighted by molar-refractivity contribution is -0.144. The van der Waals surface area contributed by atoms with Gasteiger partial charge < -0.3 is 10.3 Å². The summed E-state index contributed by atoms with van der Waals surface area (Å²) in [5.74, 6) is 5.48. The number of hydrazine groups is 1. The number of hydrogen-bond acceptors (Lipinski definition) is 5. The van der Waals surface area contributed by atoms with Crippen LogP contribution in [0.1, 0.15) is 25.1 Å². The number of nitrogen functional groups attached to an aromatic ring is 1. The molecule has 0 aromatic carbocycles. The smallest absolute Gasteiger partial charge is 0.356 e. The summed E-state index contributed by atoms with van der Waals surface area (Å²) in [6.45, 7) is 1.53. The van der Waals surface area contributed by atoms with Crippen molar-refractivity contribution in [1.82, 2.24) is 9.97 Å². The molecule has 3 rings (SSSR count). The Kier molecular flexibility index (Phi) is 3.19. The zero-order chi connectivity index (χ0) is 14.3. The Morgan fingerprint density at radius 1 is 1.20 bits per heavy atom. The van der Waals surface area contributed by atoms with Crippen molar-refractivity contribution in [1.29, 1.82) is 0 Å². The summed E-state index contributed by atoms with van der Waals surface area (Å²) in [7, 11) is 0. The molecule has 3 N–H and O–H groups in total. The molecule has 0 spiro atoms. The third kappa shape index (κ3) is 2.39. The van der Waals surface area contributed by atoms with Gasteiger partial charge in [-0.2, -0.15) is 13.2 Å². The lowest BCUT2D eigenvalue weighted by Gasteiger charge is -2.20. The van der Waals surface area contributed by atoms with Crippen molar-refractivity contribution in [2.75, 3.05) is 23.4 Å². The van der Waals surface area contributed by atoms with Crippen molar-refractivity contribution in [3.8, 4) is 0 Å². The maximum absolute atomic E-state index is 12.8. The molecule has 1 aromatic rings. The predicted octanol–water partition coefficient (Wildman–Crippen LogP) is 2.02. The SMILES string of the molecule is NNc1cc(N2CC3CCCC3C2)nc(C(F)(F)F)n1. The molecule has 0 bridgehead atoms. The van der Waals surface area contributed by atoms with Gasteiger partial charge in [0.05, 0.1) is 0 Å². The second kappa shape index (κ2) is 4.76. The molecule has 0 amide bonds. The first-order chi connectivity index (χ1) is 9.47. The molecule has 0 radical (unpaired) electrons. The van der Waals surface area contributed by atoms with Crippen LogP contribution in [-0.4, -0.2) is 23.1 Å². The van der Waals surface area contributed by atoms with Gasteiger partial charge in [0, 0.05) is 19.2 Å². The minimum Gasteiger partial charge on any atom is -0.356 e. The summed E-state index contributed by atoms with van der Waals surface area (Å²) in [6.07, 6.45) is -1.05. The Balaban J connectivity index is 1.89. The van der Waals surface area contributed by atoms with Crippen LogP contribution in [0.2, 0.25) is 0 Å². The molecule has 2 heterocycles. The first kappa shape index (κ1) is 13.4. The number of nitrogens with two attached hydrogens (primary N) is 1. The average molecular weight is 287 g/mol. The Bertz CT molecular complexity index is 492. The first-order valence-corrected chi connectivity index (χ1v) is 6.65. The van der Waals surface area contributed by atoms with Gasteiger partial charge in [0.1, 0.15) is 11.6 Å². The van der Waals surface area contributed by atoms with Gasteiger partial charge in [0.15, 0.2) is 0 Å². The van der Waals surface area contributed by atoms with Crippen LogP contribution < -0.4 is 16.2 Å². The second-order valence-electron chi connectivity index (χ2n) is 5.43. The van der Waals surface area contributed by atoms with E-state index in [9.17, 15) is 13.2 Å². The summed E-state index contributed by atoms with van der Waals surface area (Å²) >= 11 is 0. The third-order valence-corrected chi connectivity index (χ3v) is 4.16. The highest BCUT2D eigenvalue weighted by Gasteiger charge is 2.39. The van der Waals surface area contributed by atoms with Gasteiger partial charge in [0.25, 0.3) is 0 Å². The fourth-order valence-electron chi connectivity index (χ4n) is 3.22. The van der Waals surface area contributed by atoms with Gasteiger partial charge in [0.2, 0.25) is 5.82 Å². The van der Waals surface area contributed by atoms with E-state index in [0.29, 0.717) is 17.7 Å². The van der Waals surface area contributed by atoms with Gasteiger partial charge >= 0.3 is 6.18 Å². The predicted molar refractivity (Wildman–Crippen MR) is 67.9 cm³/mol. The quantitative estimate of drug-likeness (QED) is 0.643. The number of hydrogen-bond donors (Lipinski definition) is 2. The Hall–Kier alpha value is -1.57. The van der Waals surface area contributed by atoms with E-state index in [1.165, 1.54) is 12.5 Å². The summed E-state index contributed by atoms with van der Waals surface area (Å²) < 4.78 is 38.4. The fourth-order valence-corrected chi connectivity index (χ4v) is 3.22. The van der Waals surface area contributed by atoms with E-state index in [0.717, 1.165) is 25.9 Å². The standard InChI is InChI=1S/C12H16F3N5/c13-12(14,15)11-17-9(19-16)4-10(18-11)20-5-7-2-1-3-8(7)6-20/h4,7-8H,1-3,5-6,16H2,(H,17,18,19). The molecule has 1 saturated carbocycles. The van der Waals surface area contributed by atoms with Crippen LogP contribution in [0.15, 0.2) is 6.07 Å². The minimum atomic E-state index is -4.57. The molecule has 2 aliphatic rings. The average Bonchev–Trinajstić information content (AvgIpc) is 2.97. The van der Waals surface area contributed by atoms with Crippen LogP contribution in [0.25, 0.3) is 0 Å². The highest BCUT2D eigenvalue weighted by atomic mass is 19.4. The molecule has 20 heavy (non-hydrogen) atoms. The first-order valence-electron chi connectivity index (χ1n) is 6.65. The number of nitrogens with zero attached hydrogens (tertiary/aromatic N) is 3. The topological polar surface area (TPSA) is 67.1 Å². The molecule has 1 aromatic heterocycles. The van der Waals surface area contributed by atoms with Crippen LogP contribution in [0.3, 0.4) is 0 Å². The highest BCUT2D eigenvalue weighted by molar-refractivity contribution is 5.50. The minimum absolute atomic E-state index is 0.0145. The van der Waals surface area contributed by atoms with E-state index in [1.54, 1.807) is 0 Å². The molecule has 110 valence electrons. The van der Waals surface area contributed by atoms with E-state index >= 15 is 0 Å². The maximum Gasteiger partial charge on any atom is 0.451 e. The second-order valence-corrected chi connectivity index (χ2v) is 5.43.